The van der Waals surface area contributed by atoms with Crippen LogP contribution in [0.5, 0.6) is 5.75 Å². The minimum atomic E-state index is -1.08. The molecule has 6 heteroatoms. The van der Waals surface area contributed by atoms with E-state index in [1.54, 1.807) is 19.4 Å². The smallest absolute Gasteiger partial charge is 0.261 e. The molecule has 1 amide bonds. The zero-order valence-electron chi connectivity index (χ0n) is 15.5. The van der Waals surface area contributed by atoms with Crippen LogP contribution in [0.3, 0.4) is 0 Å². The van der Waals surface area contributed by atoms with Crippen LogP contribution in [0.25, 0.3) is 11.1 Å². The number of carbonyl (C=O) groups excluding carboxylic acids is 1. The number of aromatic nitrogens is 1. The molecule has 136 valence electrons. The van der Waals surface area contributed by atoms with Crippen LogP contribution < -0.4 is 10.5 Å². The standard InChI is InChI=1S/C21H20N4O2/c1-5-13-8-15(11-23-10-13)14-6-7-17-16(9-14)21(12-20(2,3)27-17)18(26)25(4)19(22)24-21/h1,6-11H,12H2,2-4H3,(H2,22,24). The van der Waals surface area contributed by atoms with Crippen molar-refractivity contribution >= 4 is 11.9 Å². The molecule has 2 aliphatic heterocycles. The monoisotopic (exact) mass is 360 g/mol. The maximum atomic E-state index is 13.1. The van der Waals surface area contributed by atoms with Gasteiger partial charge in [0.05, 0.1) is 0 Å². The normalized spacial score (nSPS) is 22.8. The fourth-order valence-corrected chi connectivity index (χ4v) is 3.83. The van der Waals surface area contributed by atoms with Crippen molar-refractivity contribution in [1.29, 1.82) is 0 Å². The Hall–Kier alpha value is -3.33. The van der Waals surface area contributed by atoms with E-state index in [2.05, 4.69) is 15.9 Å². The van der Waals surface area contributed by atoms with Crippen molar-refractivity contribution in [2.45, 2.75) is 31.4 Å². The van der Waals surface area contributed by atoms with Crippen LogP contribution >= 0.6 is 0 Å². The number of ether oxygens (including phenoxy) is 1. The van der Waals surface area contributed by atoms with Gasteiger partial charge in [0, 0.05) is 42.6 Å². The predicted octanol–water partition coefficient (Wildman–Crippen LogP) is 2.27. The number of hydrogen-bond donors (Lipinski definition) is 1. The van der Waals surface area contributed by atoms with Crippen LogP contribution in [0.1, 0.15) is 31.4 Å². The highest BCUT2D eigenvalue weighted by atomic mass is 16.5. The first-order chi connectivity index (χ1) is 12.8. The molecule has 3 heterocycles. The molecule has 1 spiro atoms. The van der Waals surface area contributed by atoms with Crippen LogP contribution in [0.4, 0.5) is 0 Å². The maximum absolute atomic E-state index is 13.1. The van der Waals surface area contributed by atoms with Gasteiger partial charge in [0.25, 0.3) is 5.91 Å². The lowest BCUT2D eigenvalue weighted by molar-refractivity contribution is -0.133. The fraction of sp³-hybridized carbons (Fsp3) is 0.286. The van der Waals surface area contributed by atoms with Crippen LogP contribution in [-0.2, 0) is 10.3 Å². The zero-order valence-corrected chi connectivity index (χ0v) is 15.5. The lowest BCUT2D eigenvalue weighted by Crippen LogP contribution is -2.49. The average molecular weight is 360 g/mol. The number of aliphatic imine (C=N–C) groups is 1. The zero-order chi connectivity index (χ0) is 19.4. The number of nitrogens with two attached hydrogens (primary N) is 1. The van der Waals surface area contributed by atoms with Gasteiger partial charge in [0.1, 0.15) is 11.4 Å². The molecule has 0 saturated carbocycles. The highest BCUT2D eigenvalue weighted by Gasteiger charge is 2.55. The van der Waals surface area contributed by atoms with E-state index in [-0.39, 0.29) is 11.9 Å². The molecular formula is C21H20N4O2. The van der Waals surface area contributed by atoms with E-state index in [0.717, 1.165) is 11.1 Å². The number of terminal acetylenes is 1. The summed E-state index contributed by atoms with van der Waals surface area (Å²) >= 11 is 0. The molecule has 1 atom stereocenters. The van der Waals surface area contributed by atoms with E-state index < -0.39 is 11.1 Å². The number of fused-ring (bicyclic) bond motifs is 2. The number of likely N-dealkylation sites (N-methyl/N-ethyl adjacent to an activating group) is 1. The van der Waals surface area contributed by atoms with Crippen molar-refractivity contribution in [2.75, 3.05) is 7.05 Å². The number of carbonyl (C=O) groups is 1. The molecule has 1 unspecified atom stereocenters. The van der Waals surface area contributed by atoms with Gasteiger partial charge in [-0.3, -0.25) is 14.7 Å². The quantitative estimate of drug-likeness (QED) is 0.791. The third-order valence-electron chi connectivity index (χ3n) is 5.04. The summed E-state index contributed by atoms with van der Waals surface area (Å²) in [5.74, 6) is 3.29. The first-order valence-corrected chi connectivity index (χ1v) is 8.65. The van der Waals surface area contributed by atoms with Gasteiger partial charge in [-0.05, 0) is 37.6 Å². The predicted molar refractivity (Wildman–Crippen MR) is 103 cm³/mol. The summed E-state index contributed by atoms with van der Waals surface area (Å²) in [5.41, 5.74) is 7.51. The lowest BCUT2D eigenvalue weighted by Gasteiger charge is -2.41. The maximum Gasteiger partial charge on any atom is 0.261 e. The second-order valence-electron chi connectivity index (χ2n) is 7.55. The van der Waals surface area contributed by atoms with Crippen LogP contribution in [-0.4, -0.2) is 34.4 Å². The largest absolute Gasteiger partial charge is 0.487 e. The number of benzene rings is 1. The van der Waals surface area contributed by atoms with Crippen LogP contribution in [0, 0.1) is 12.3 Å². The Morgan fingerprint density at radius 1 is 1.26 bits per heavy atom. The molecule has 0 fully saturated rings. The topological polar surface area (TPSA) is 80.8 Å². The summed E-state index contributed by atoms with van der Waals surface area (Å²) in [6.45, 7) is 3.90. The Bertz CT molecular complexity index is 1030. The SMILES string of the molecule is C#Cc1cncc(-c2ccc3c(c2)C2(CC(C)(C)O3)N=C(N)N(C)C2=O)c1. The van der Waals surface area contributed by atoms with Gasteiger partial charge < -0.3 is 10.5 Å². The van der Waals surface area contributed by atoms with Gasteiger partial charge in [0.2, 0.25) is 0 Å². The summed E-state index contributed by atoms with van der Waals surface area (Å²) in [6, 6.07) is 7.61. The molecule has 27 heavy (non-hydrogen) atoms. The van der Waals surface area contributed by atoms with E-state index in [0.29, 0.717) is 23.3 Å². The van der Waals surface area contributed by atoms with Crippen LogP contribution in [0.15, 0.2) is 41.7 Å². The first kappa shape index (κ1) is 17.1. The third kappa shape index (κ3) is 2.55. The van der Waals surface area contributed by atoms with Gasteiger partial charge in [-0.2, -0.15) is 0 Å². The molecule has 1 aromatic carbocycles. The summed E-state index contributed by atoms with van der Waals surface area (Å²) in [5, 5.41) is 0. The number of hydrogen-bond acceptors (Lipinski definition) is 5. The van der Waals surface area contributed by atoms with E-state index in [4.69, 9.17) is 16.9 Å². The second kappa shape index (κ2) is 5.58. The molecule has 4 rings (SSSR count). The van der Waals surface area contributed by atoms with Gasteiger partial charge in [0.15, 0.2) is 11.5 Å². The fourth-order valence-electron chi connectivity index (χ4n) is 3.83. The van der Waals surface area contributed by atoms with E-state index >= 15 is 0 Å². The number of pyridine rings is 1. The van der Waals surface area contributed by atoms with Crippen molar-refractivity contribution in [1.82, 2.24) is 9.88 Å². The molecule has 0 bridgehead atoms. The molecule has 2 aromatic rings. The molecule has 6 nitrogen and oxygen atoms in total. The molecule has 1 aromatic heterocycles. The number of nitrogens with zero attached hydrogens (tertiary/aromatic N) is 3. The number of guanidine groups is 1. The van der Waals surface area contributed by atoms with Crippen molar-refractivity contribution < 1.29 is 9.53 Å². The van der Waals surface area contributed by atoms with Gasteiger partial charge in [-0.15, -0.1) is 6.42 Å². The van der Waals surface area contributed by atoms with Gasteiger partial charge in [-0.25, -0.2) is 4.99 Å². The highest BCUT2D eigenvalue weighted by molar-refractivity contribution is 6.07. The minimum absolute atomic E-state index is 0.148. The molecule has 0 radical (unpaired) electrons. The van der Waals surface area contributed by atoms with Crippen molar-refractivity contribution in [3.8, 4) is 29.2 Å². The van der Waals surface area contributed by atoms with E-state index in [1.165, 1.54) is 4.90 Å². The second-order valence-corrected chi connectivity index (χ2v) is 7.55. The summed E-state index contributed by atoms with van der Waals surface area (Å²) in [4.78, 5) is 23.3. The summed E-state index contributed by atoms with van der Waals surface area (Å²) in [6.07, 6.45) is 9.27. The van der Waals surface area contributed by atoms with Crippen molar-refractivity contribution in [3.63, 3.8) is 0 Å². The Balaban J connectivity index is 1.92. The Labute approximate surface area is 158 Å². The Morgan fingerprint density at radius 3 is 2.70 bits per heavy atom. The van der Waals surface area contributed by atoms with E-state index in [9.17, 15) is 4.79 Å². The van der Waals surface area contributed by atoms with E-state index in [1.807, 2.05) is 38.1 Å². The van der Waals surface area contributed by atoms with Gasteiger partial charge in [-0.1, -0.05) is 12.0 Å². The van der Waals surface area contributed by atoms with Gasteiger partial charge >= 0.3 is 0 Å². The average Bonchev–Trinajstić information content (AvgIpc) is 2.85. The number of amides is 1. The first-order valence-electron chi connectivity index (χ1n) is 8.65. The molecule has 2 aliphatic rings. The lowest BCUT2D eigenvalue weighted by atomic mass is 9.77. The summed E-state index contributed by atoms with van der Waals surface area (Å²) in [7, 11) is 1.64. The number of rotatable bonds is 1. The molecule has 0 saturated heterocycles. The summed E-state index contributed by atoms with van der Waals surface area (Å²) < 4.78 is 6.13. The minimum Gasteiger partial charge on any atom is -0.487 e. The van der Waals surface area contributed by atoms with Crippen molar-refractivity contribution in [3.05, 3.63) is 47.8 Å². The molecule has 0 aliphatic carbocycles. The Kier molecular flexibility index (Phi) is 3.54. The third-order valence-corrected chi connectivity index (χ3v) is 5.04. The van der Waals surface area contributed by atoms with Crippen LogP contribution in [0.2, 0.25) is 0 Å². The molecular weight excluding hydrogens is 340 g/mol. The van der Waals surface area contributed by atoms with Crippen molar-refractivity contribution in [2.24, 2.45) is 10.7 Å². The highest BCUT2D eigenvalue weighted by Crippen LogP contribution is 2.49. The molecule has 2 N–H and O–H groups in total. The Morgan fingerprint density at radius 2 is 2.04 bits per heavy atom.